The molecule has 1 amide bonds. The fraction of sp³-hybridized carbons (Fsp3) is 0.235. The van der Waals surface area contributed by atoms with Crippen molar-refractivity contribution in [3.8, 4) is 5.75 Å². The first-order chi connectivity index (χ1) is 12.0. The fourth-order valence-corrected chi connectivity index (χ4v) is 2.42. The Bertz CT molecular complexity index is 887. The molecular formula is C17H18ClN5O2. The van der Waals surface area contributed by atoms with Gasteiger partial charge in [-0.15, -0.1) is 0 Å². The third-order valence-corrected chi connectivity index (χ3v) is 3.98. The first-order valence-electron chi connectivity index (χ1n) is 7.70. The van der Waals surface area contributed by atoms with Crippen LogP contribution in [0.4, 0.5) is 0 Å². The normalized spacial score (nSPS) is 10.7. The largest absolute Gasteiger partial charge is 0.470 e. The Hall–Kier alpha value is -2.80. The van der Waals surface area contributed by atoms with Gasteiger partial charge in [0.05, 0.1) is 17.3 Å². The Balaban J connectivity index is 1.57. The van der Waals surface area contributed by atoms with Gasteiger partial charge in [-0.2, -0.15) is 10.2 Å². The van der Waals surface area contributed by atoms with Crippen molar-refractivity contribution in [3.05, 3.63) is 64.7 Å². The summed E-state index contributed by atoms with van der Waals surface area (Å²) in [6.07, 6.45) is 3.37. The molecule has 1 aromatic carbocycles. The van der Waals surface area contributed by atoms with Crippen molar-refractivity contribution in [1.29, 1.82) is 0 Å². The van der Waals surface area contributed by atoms with Crippen molar-refractivity contribution in [2.45, 2.75) is 20.2 Å². The van der Waals surface area contributed by atoms with E-state index in [1.54, 1.807) is 29.2 Å². The second-order valence-electron chi connectivity index (χ2n) is 5.58. The van der Waals surface area contributed by atoms with Crippen molar-refractivity contribution < 1.29 is 9.53 Å². The standard InChI is InChI=1S/C17H18ClN5O2/c1-12-3-4-14(18)16(9-12)25-11-23-8-6-15(21-23)17(24)19-10-13-5-7-20-22(13)2/h3-9H,10-11H2,1-2H3,(H,19,24). The first-order valence-corrected chi connectivity index (χ1v) is 8.08. The molecule has 7 nitrogen and oxygen atoms in total. The summed E-state index contributed by atoms with van der Waals surface area (Å²) < 4.78 is 8.90. The van der Waals surface area contributed by atoms with Crippen LogP contribution >= 0.6 is 11.6 Å². The smallest absolute Gasteiger partial charge is 0.272 e. The average Bonchev–Trinajstić information content (AvgIpc) is 3.22. The maximum Gasteiger partial charge on any atom is 0.272 e. The van der Waals surface area contributed by atoms with Crippen molar-refractivity contribution in [2.75, 3.05) is 0 Å². The molecule has 0 aliphatic carbocycles. The zero-order valence-electron chi connectivity index (χ0n) is 13.9. The lowest BCUT2D eigenvalue weighted by Crippen LogP contribution is -2.24. The lowest BCUT2D eigenvalue weighted by Gasteiger charge is -2.08. The van der Waals surface area contributed by atoms with Crippen LogP contribution in [0.1, 0.15) is 21.7 Å². The number of halogens is 1. The van der Waals surface area contributed by atoms with Crippen LogP contribution < -0.4 is 10.1 Å². The maximum atomic E-state index is 12.2. The molecule has 1 N–H and O–H groups in total. The van der Waals surface area contributed by atoms with E-state index in [9.17, 15) is 4.79 Å². The van der Waals surface area contributed by atoms with Gasteiger partial charge in [0, 0.05) is 19.4 Å². The SMILES string of the molecule is Cc1ccc(Cl)c(OCn2ccc(C(=O)NCc3ccnn3C)n2)c1. The first kappa shape index (κ1) is 17.0. The third-order valence-electron chi connectivity index (χ3n) is 3.66. The highest BCUT2D eigenvalue weighted by atomic mass is 35.5. The molecule has 0 fully saturated rings. The number of carbonyl (C=O) groups excluding carboxylic acids is 1. The molecule has 0 saturated carbocycles. The molecule has 2 aromatic heterocycles. The topological polar surface area (TPSA) is 74.0 Å². The Morgan fingerprint density at radius 1 is 1.32 bits per heavy atom. The Morgan fingerprint density at radius 2 is 2.16 bits per heavy atom. The summed E-state index contributed by atoms with van der Waals surface area (Å²) >= 11 is 6.10. The summed E-state index contributed by atoms with van der Waals surface area (Å²) in [5.41, 5.74) is 2.28. The van der Waals surface area contributed by atoms with Crippen LogP contribution in [0.3, 0.4) is 0 Å². The zero-order chi connectivity index (χ0) is 17.8. The van der Waals surface area contributed by atoms with Gasteiger partial charge in [-0.05, 0) is 36.8 Å². The van der Waals surface area contributed by atoms with Crippen LogP contribution in [0.15, 0.2) is 42.7 Å². The zero-order valence-corrected chi connectivity index (χ0v) is 14.7. The van der Waals surface area contributed by atoms with Gasteiger partial charge in [0.25, 0.3) is 5.91 Å². The molecule has 0 bridgehead atoms. The molecule has 130 valence electrons. The van der Waals surface area contributed by atoms with E-state index < -0.39 is 0 Å². The minimum absolute atomic E-state index is 0.165. The number of carbonyl (C=O) groups is 1. The number of nitrogens with zero attached hydrogens (tertiary/aromatic N) is 4. The highest BCUT2D eigenvalue weighted by molar-refractivity contribution is 6.32. The Kier molecular flexibility index (Phi) is 5.04. The second kappa shape index (κ2) is 7.40. The van der Waals surface area contributed by atoms with Crippen molar-refractivity contribution in [3.63, 3.8) is 0 Å². The van der Waals surface area contributed by atoms with E-state index in [0.717, 1.165) is 11.3 Å². The number of rotatable bonds is 6. The maximum absolute atomic E-state index is 12.2. The lowest BCUT2D eigenvalue weighted by molar-refractivity contribution is 0.0943. The van der Waals surface area contributed by atoms with Crippen LogP contribution in [0.2, 0.25) is 5.02 Å². The molecule has 3 rings (SSSR count). The van der Waals surface area contributed by atoms with E-state index in [1.165, 1.54) is 4.68 Å². The summed E-state index contributed by atoms with van der Waals surface area (Å²) in [5.74, 6) is 0.327. The lowest BCUT2D eigenvalue weighted by atomic mass is 10.2. The minimum atomic E-state index is -0.256. The van der Waals surface area contributed by atoms with Crippen LogP contribution in [0, 0.1) is 6.92 Å². The fourth-order valence-electron chi connectivity index (χ4n) is 2.25. The Morgan fingerprint density at radius 3 is 2.92 bits per heavy atom. The molecule has 8 heteroatoms. The van der Waals surface area contributed by atoms with E-state index in [2.05, 4.69) is 15.5 Å². The van der Waals surface area contributed by atoms with Gasteiger partial charge >= 0.3 is 0 Å². The molecule has 0 aliphatic rings. The quantitative estimate of drug-likeness (QED) is 0.734. The predicted octanol–water partition coefficient (Wildman–Crippen LogP) is 2.54. The van der Waals surface area contributed by atoms with E-state index in [-0.39, 0.29) is 12.6 Å². The van der Waals surface area contributed by atoms with Gasteiger partial charge < -0.3 is 10.1 Å². The number of ether oxygens (including phenoxy) is 1. The summed E-state index contributed by atoms with van der Waals surface area (Å²) in [6, 6.07) is 9.03. The van der Waals surface area contributed by atoms with E-state index >= 15 is 0 Å². The number of hydrogen-bond donors (Lipinski definition) is 1. The van der Waals surface area contributed by atoms with Gasteiger partial charge in [0.1, 0.15) is 11.4 Å². The molecule has 0 unspecified atom stereocenters. The number of aromatic nitrogens is 4. The monoisotopic (exact) mass is 359 g/mol. The predicted molar refractivity (Wildman–Crippen MR) is 93.4 cm³/mol. The van der Waals surface area contributed by atoms with Gasteiger partial charge in [0.2, 0.25) is 0 Å². The molecule has 3 aromatic rings. The molecule has 25 heavy (non-hydrogen) atoms. The molecule has 0 aliphatic heterocycles. The van der Waals surface area contributed by atoms with Gasteiger partial charge in [0.15, 0.2) is 6.73 Å². The third kappa shape index (κ3) is 4.19. The highest BCUT2D eigenvalue weighted by Gasteiger charge is 2.11. The summed E-state index contributed by atoms with van der Waals surface area (Å²) in [5, 5.41) is 11.6. The van der Waals surface area contributed by atoms with Crippen molar-refractivity contribution >= 4 is 17.5 Å². The molecular weight excluding hydrogens is 342 g/mol. The number of aryl methyl sites for hydroxylation is 2. The van der Waals surface area contributed by atoms with Crippen molar-refractivity contribution in [1.82, 2.24) is 24.9 Å². The van der Waals surface area contributed by atoms with Gasteiger partial charge in [-0.3, -0.25) is 9.48 Å². The number of nitrogens with one attached hydrogen (secondary N) is 1. The summed E-state index contributed by atoms with van der Waals surface area (Å²) in [7, 11) is 1.82. The highest BCUT2D eigenvalue weighted by Crippen LogP contribution is 2.25. The second-order valence-corrected chi connectivity index (χ2v) is 5.98. The van der Waals surface area contributed by atoms with Crippen LogP contribution in [-0.4, -0.2) is 25.5 Å². The van der Waals surface area contributed by atoms with Gasteiger partial charge in [-0.25, -0.2) is 4.68 Å². The summed E-state index contributed by atoms with van der Waals surface area (Å²) in [6.45, 7) is 2.51. The Labute approximate surface area is 150 Å². The molecule has 0 spiro atoms. The molecule has 0 atom stereocenters. The van der Waals surface area contributed by atoms with Crippen LogP contribution in [0.5, 0.6) is 5.75 Å². The van der Waals surface area contributed by atoms with Crippen molar-refractivity contribution in [2.24, 2.45) is 7.05 Å². The van der Waals surface area contributed by atoms with E-state index in [0.29, 0.717) is 23.0 Å². The molecule has 0 radical (unpaired) electrons. The number of benzene rings is 1. The van der Waals surface area contributed by atoms with Gasteiger partial charge in [-0.1, -0.05) is 17.7 Å². The van der Waals surface area contributed by atoms with E-state index in [4.69, 9.17) is 16.3 Å². The summed E-state index contributed by atoms with van der Waals surface area (Å²) in [4.78, 5) is 12.2. The minimum Gasteiger partial charge on any atom is -0.470 e. The molecule has 0 saturated heterocycles. The van der Waals surface area contributed by atoms with E-state index in [1.807, 2.05) is 32.2 Å². The average molecular weight is 360 g/mol. The number of amides is 1. The van der Waals surface area contributed by atoms with Crippen LogP contribution in [-0.2, 0) is 20.3 Å². The number of hydrogen-bond acceptors (Lipinski definition) is 4. The van der Waals surface area contributed by atoms with Crippen LogP contribution in [0.25, 0.3) is 0 Å². The molecule has 2 heterocycles.